The topological polar surface area (TPSA) is 29.1 Å². The van der Waals surface area contributed by atoms with Gasteiger partial charge in [0.1, 0.15) is 0 Å². The van der Waals surface area contributed by atoms with Crippen LogP contribution in [0.4, 0.5) is 5.69 Å². The lowest BCUT2D eigenvalue weighted by molar-refractivity contribution is -0.120. The first-order valence-electron chi connectivity index (χ1n) is 6.73. The van der Waals surface area contributed by atoms with Crippen molar-refractivity contribution in [3.63, 3.8) is 0 Å². The fraction of sp³-hybridized carbons (Fsp3) is 0.438. The molecule has 1 aliphatic rings. The van der Waals surface area contributed by atoms with Crippen molar-refractivity contribution < 1.29 is 4.79 Å². The van der Waals surface area contributed by atoms with E-state index in [0.717, 1.165) is 24.9 Å². The van der Waals surface area contributed by atoms with E-state index in [4.69, 9.17) is 0 Å². The SMILES string of the molecule is CC(C)c1ccccc1NC(=O)[C@@H]1CC=CCC1. The third-order valence-electron chi connectivity index (χ3n) is 3.48. The van der Waals surface area contributed by atoms with Crippen molar-refractivity contribution in [1.82, 2.24) is 0 Å². The van der Waals surface area contributed by atoms with E-state index in [-0.39, 0.29) is 11.8 Å². The summed E-state index contributed by atoms with van der Waals surface area (Å²) in [6.07, 6.45) is 7.12. The van der Waals surface area contributed by atoms with Crippen molar-refractivity contribution in [3.8, 4) is 0 Å². The molecule has 0 spiro atoms. The zero-order chi connectivity index (χ0) is 13.0. The number of hydrogen-bond acceptors (Lipinski definition) is 1. The van der Waals surface area contributed by atoms with E-state index in [1.165, 1.54) is 5.56 Å². The number of para-hydroxylation sites is 1. The maximum absolute atomic E-state index is 12.2. The highest BCUT2D eigenvalue weighted by molar-refractivity contribution is 5.93. The van der Waals surface area contributed by atoms with Crippen molar-refractivity contribution in [1.29, 1.82) is 0 Å². The van der Waals surface area contributed by atoms with Gasteiger partial charge in [-0.3, -0.25) is 4.79 Å². The average molecular weight is 243 g/mol. The van der Waals surface area contributed by atoms with Crippen LogP contribution in [-0.2, 0) is 4.79 Å². The summed E-state index contributed by atoms with van der Waals surface area (Å²) < 4.78 is 0. The zero-order valence-corrected chi connectivity index (χ0v) is 11.1. The van der Waals surface area contributed by atoms with Gasteiger partial charge in [0.15, 0.2) is 0 Å². The monoisotopic (exact) mass is 243 g/mol. The largest absolute Gasteiger partial charge is 0.326 e. The molecule has 2 nitrogen and oxygen atoms in total. The van der Waals surface area contributed by atoms with Gasteiger partial charge in [0.2, 0.25) is 5.91 Å². The molecule has 0 aliphatic heterocycles. The van der Waals surface area contributed by atoms with Gasteiger partial charge in [0.25, 0.3) is 0 Å². The van der Waals surface area contributed by atoms with E-state index in [1.54, 1.807) is 0 Å². The Kier molecular flexibility index (Phi) is 4.19. The lowest BCUT2D eigenvalue weighted by Gasteiger charge is -2.19. The number of hydrogen-bond donors (Lipinski definition) is 1. The van der Waals surface area contributed by atoms with Crippen LogP contribution in [0.25, 0.3) is 0 Å². The second-order valence-corrected chi connectivity index (χ2v) is 5.21. The molecule has 1 aromatic carbocycles. The maximum atomic E-state index is 12.2. The molecule has 0 fully saturated rings. The quantitative estimate of drug-likeness (QED) is 0.795. The van der Waals surface area contributed by atoms with Gasteiger partial charge in [0, 0.05) is 11.6 Å². The molecule has 0 heterocycles. The molecular formula is C16H21NO. The fourth-order valence-electron chi connectivity index (χ4n) is 2.38. The number of carbonyl (C=O) groups is 1. The molecule has 1 atom stereocenters. The highest BCUT2D eigenvalue weighted by Crippen LogP contribution is 2.26. The summed E-state index contributed by atoms with van der Waals surface area (Å²) in [6.45, 7) is 4.29. The van der Waals surface area contributed by atoms with Gasteiger partial charge in [-0.2, -0.15) is 0 Å². The minimum absolute atomic E-state index is 0.134. The number of nitrogens with one attached hydrogen (secondary N) is 1. The number of benzene rings is 1. The lowest BCUT2D eigenvalue weighted by Crippen LogP contribution is -2.24. The standard InChI is InChI=1S/C16H21NO/c1-12(2)14-10-6-7-11-15(14)17-16(18)13-8-4-3-5-9-13/h3-4,6-7,10-13H,5,8-9H2,1-2H3,(H,17,18)/t13-/m1/s1. The van der Waals surface area contributed by atoms with E-state index < -0.39 is 0 Å². The summed E-state index contributed by atoms with van der Waals surface area (Å²) in [5, 5.41) is 3.09. The predicted octanol–water partition coefficient (Wildman–Crippen LogP) is 4.10. The van der Waals surface area contributed by atoms with Crippen LogP contribution in [0.15, 0.2) is 36.4 Å². The minimum Gasteiger partial charge on any atom is -0.326 e. The molecule has 1 amide bonds. The van der Waals surface area contributed by atoms with Crippen molar-refractivity contribution in [2.24, 2.45) is 5.92 Å². The van der Waals surface area contributed by atoms with Crippen LogP contribution < -0.4 is 5.32 Å². The Morgan fingerprint density at radius 1 is 1.28 bits per heavy atom. The number of anilines is 1. The molecule has 0 saturated carbocycles. The van der Waals surface area contributed by atoms with E-state index >= 15 is 0 Å². The minimum atomic E-state index is 0.134. The summed E-state index contributed by atoms with van der Waals surface area (Å²) in [7, 11) is 0. The third kappa shape index (κ3) is 3.00. The second kappa shape index (κ2) is 5.85. The van der Waals surface area contributed by atoms with E-state index in [9.17, 15) is 4.79 Å². The van der Waals surface area contributed by atoms with Crippen molar-refractivity contribution in [3.05, 3.63) is 42.0 Å². The molecule has 2 rings (SSSR count). The van der Waals surface area contributed by atoms with E-state index in [0.29, 0.717) is 5.92 Å². The summed E-state index contributed by atoms with van der Waals surface area (Å²) in [5.74, 6) is 0.718. The van der Waals surface area contributed by atoms with Crippen LogP contribution in [-0.4, -0.2) is 5.91 Å². The molecule has 1 aromatic rings. The summed E-state index contributed by atoms with van der Waals surface area (Å²) in [5.41, 5.74) is 2.17. The second-order valence-electron chi connectivity index (χ2n) is 5.21. The molecule has 1 N–H and O–H groups in total. The number of carbonyl (C=O) groups excluding carboxylic acids is 1. The fourth-order valence-corrected chi connectivity index (χ4v) is 2.38. The van der Waals surface area contributed by atoms with Crippen LogP contribution in [0.5, 0.6) is 0 Å². The molecule has 2 heteroatoms. The number of amides is 1. The normalized spacial score (nSPS) is 18.9. The molecule has 0 unspecified atom stereocenters. The molecule has 96 valence electrons. The smallest absolute Gasteiger partial charge is 0.227 e. The zero-order valence-electron chi connectivity index (χ0n) is 11.1. The van der Waals surface area contributed by atoms with Gasteiger partial charge in [-0.1, -0.05) is 44.2 Å². The highest BCUT2D eigenvalue weighted by Gasteiger charge is 2.19. The van der Waals surface area contributed by atoms with Gasteiger partial charge in [-0.25, -0.2) is 0 Å². The molecule has 1 aliphatic carbocycles. The summed E-state index contributed by atoms with van der Waals surface area (Å²) >= 11 is 0. The third-order valence-corrected chi connectivity index (χ3v) is 3.48. The number of rotatable bonds is 3. The van der Waals surface area contributed by atoms with Crippen LogP contribution in [0.1, 0.15) is 44.6 Å². The molecule has 0 radical (unpaired) electrons. The Hall–Kier alpha value is -1.57. The Balaban J connectivity index is 2.09. The Labute approximate surface area is 109 Å². The summed E-state index contributed by atoms with van der Waals surface area (Å²) in [6, 6.07) is 8.07. The van der Waals surface area contributed by atoms with Gasteiger partial charge in [0.05, 0.1) is 0 Å². The first kappa shape index (κ1) is 12.9. The maximum Gasteiger partial charge on any atom is 0.227 e. The van der Waals surface area contributed by atoms with E-state index in [2.05, 4.69) is 37.4 Å². The Morgan fingerprint density at radius 3 is 2.72 bits per heavy atom. The predicted molar refractivity (Wildman–Crippen MR) is 75.6 cm³/mol. The Morgan fingerprint density at radius 2 is 2.06 bits per heavy atom. The van der Waals surface area contributed by atoms with Crippen molar-refractivity contribution in [2.75, 3.05) is 5.32 Å². The molecule has 18 heavy (non-hydrogen) atoms. The highest BCUT2D eigenvalue weighted by atomic mass is 16.1. The molecule has 0 saturated heterocycles. The van der Waals surface area contributed by atoms with Gasteiger partial charge in [-0.05, 0) is 36.8 Å². The molecular weight excluding hydrogens is 222 g/mol. The van der Waals surface area contributed by atoms with Gasteiger partial charge < -0.3 is 5.32 Å². The van der Waals surface area contributed by atoms with Crippen LogP contribution in [0.3, 0.4) is 0 Å². The number of allylic oxidation sites excluding steroid dienone is 2. The van der Waals surface area contributed by atoms with Crippen LogP contribution in [0.2, 0.25) is 0 Å². The van der Waals surface area contributed by atoms with Crippen LogP contribution >= 0.6 is 0 Å². The van der Waals surface area contributed by atoms with Crippen molar-refractivity contribution in [2.45, 2.75) is 39.0 Å². The summed E-state index contributed by atoms with van der Waals surface area (Å²) in [4.78, 5) is 12.2. The first-order valence-corrected chi connectivity index (χ1v) is 6.73. The Bertz CT molecular complexity index is 448. The average Bonchev–Trinajstić information content (AvgIpc) is 2.40. The first-order chi connectivity index (χ1) is 8.68. The van der Waals surface area contributed by atoms with E-state index in [1.807, 2.05) is 18.2 Å². The molecule has 0 aromatic heterocycles. The lowest BCUT2D eigenvalue weighted by atomic mass is 9.93. The van der Waals surface area contributed by atoms with Crippen molar-refractivity contribution >= 4 is 11.6 Å². The van der Waals surface area contributed by atoms with Gasteiger partial charge >= 0.3 is 0 Å². The van der Waals surface area contributed by atoms with Gasteiger partial charge in [-0.15, -0.1) is 0 Å². The molecule has 0 bridgehead atoms. The van der Waals surface area contributed by atoms with Crippen LogP contribution in [0, 0.1) is 5.92 Å².